The van der Waals surface area contributed by atoms with Gasteiger partial charge in [0, 0.05) is 25.6 Å². The van der Waals surface area contributed by atoms with Gasteiger partial charge in [0.15, 0.2) is 18.1 Å². The van der Waals surface area contributed by atoms with Crippen molar-refractivity contribution in [3.63, 3.8) is 0 Å². The van der Waals surface area contributed by atoms with E-state index >= 15 is 0 Å². The summed E-state index contributed by atoms with van der Waals surface area (Å²) in [6.07, 6.45) is -4.39. The molecule has 8 heteroatoms. The lowest BCUT2D eigenvalue weighted by Gasteiger charge is -2.18. The monoisotopic (exact) mass is 430 g/mol. The van der Waals surface area contributed by atoms with Gasteiger partial charge in [-0.2, -0.15) is 13.2 Å². The minimum Gasteiger partial charge on any atom is -0.493 e. The highest BCUT2D eigenvalue weighted by molar-refractivity contribution is 5.85. The second kappa shape index (κ2) is 10.2. The molecular weight excluding hydrogens is 405 g/mol. The summed E-state index contributed by atoms with van der Waals surface area (Å²) in [5, 5.41) is 0. The van der Waals surface area contributed by atoms with Crippen LogP contribution in [0, 0.1) is 5.92 Å². The molecule has 0 saturated carbocycles. The summed E-state index contributed by atoms with van der Waals surface area (Å²) >= 11 is 0. The summed E-state index contributed by atoms with van der Waals surface area (Å²) in [6, 6.07) is 15.4. The summed E-state index contributed by atoms with van der Waals surface area (Å²) < 4.78 is 47.2. The largest absolute Gasteiger partial charge is 0.493 e. The molecular formula is C21H26ClF3N2O2. The Hall–Kier alpha value is -1.96. The number of halogens is 4. The van der Waals surface area contributed by atoms with Crippen LogP contribution in [-0.2, 0) is 6.54 Å². The molecule has 2 N–H and O–H groups in total. The first kappa shape index (κ1) is 23.3. The Morgan fingerprint density at radius 1 is 1.07 bits per heavy atom. The summed E-state index contributed by atoms with van der Waals surface area (Å²) in [7, 11) is 1.42. The number of nitrogens with zero attached hydrogens (tertiary/aromatic N) is 1. The molecule has 29 heavy (non-hydrogen) atoms. The maximum Gasteiger partial charge on any atom is 0.422 e. The minimum absolute atomic E-state index is 0. The predicted octanol–water partition coefficient (Wildman–Crippen LogP) is 4.23. The van der Waals surface area contributed by atoms with Gasteiger partial charge < -0.3 is 15.2 Å². The van der Waals surface area contributed by atoms with E-state index in [2.05, 4.69) is 17.0 Å². The van der Waals surface area contributed by atoms with E-state index in [0.29, 0.717) is 30.7 Å². The molecule has 2 aromatic carbocycles. The lowest BCUT2D eigenvalue weighted by atomic mass is 9.89. The maximum atomic E-state index is 12.4. The van der Waals surface area contributed by atoms with Gasteiger partial charge in [0.05, 0.1) is 7.11 Å². The van der Waals surface area contributed by atoms with Crippen molar-refractivity contribution < 1.29 is 22.6 Å². The van der Waals surface area contributed by atoms with E-state index in [9.17, 15) is 13.2 Å². The zero-order valence-electron chi connectivity index (χ0n) is 16.2. The van der Waals surface area contributed by atoms with Crippen molar-refractivity contribution in [1.29, 1.82) is 0 Å². The number of methoxy groups -OCH3 is 1. The second-order valence-corrected chi connectivity index (χ2v) is 7.10. The third-order valence-corrected chi connectivity index (χ3v) is 5.07. The average molecular weight is 431 g/mol. The van der Waals surface area contributed by atoms with E-state index in [0.717, 1.165) is 18.7 Å². The molecule has 0 amide bonds. The Morgan fingerprint density at radius 3 is 2.41 bits per heavy atom. The molecule has 0 radical (unpaired) electrons. The Labute approximate surface area is 175 Å². The molecule has 3 rings (SSSR count). The number of nitrogens with two attached hydrogens (primary N) is 1. The minimum atomic E-state index is -4.39. The van der Waals surface area contributed by atoms with Gasteiger partial charge in [-0.1, -0.05) is 36.4 Å². The Bertz CT molecular complexity index is 774. The van der Waals surface area contributed by atoms with Crippen LogP contribution in [0.1, 0.15) is 17.0 Å². The molecule has 160 valence electrons. The van der Waals surface area contributed by atoms with E-state index in [-0.39, 0.29) is 18.2 Å². The van der Waals surface area contributed by atoms with Crippen molar-refractivity contribution in [2.24, 2.45) is 11.7 Å². The van der Waals surface area contributed by atoms with Crippen molar-refractivity contribution in [2.45, 2.75) is 18.6 Å². The van der Waals surface area contributed by atoms with E-state index in [1.807, 2.05) is 18.2 Å². The summed E-state index contributed by atoms with van der Waals surface area (Å²) in [6.45, 7) is 1.72. The Kier molecular flexibility index (Phi) is 8.19. The number of ether oxygens (including phenoxy) is 2. The van der Waals surface area contributed by atoms with Crippen molar-refractivity contribution in [3.05, 3.63) is 59.7 Å². The summed E-state index contributed by atoms with van der Waals surface area (Å²) in [5.41, 5.74) is 8.24. The zero-order chi connectivity index (χ0) is 20.1. The summed E-state index contributed by atoms with van der Waals surface area (Å²) in [4.78, 5) is 2.32. The molecule has 1 fully saturated rings. The molecule has 2 atom stereocenters. The number of benzene rings is 2. The third-order valence-electron chi connectivity index (χ3n) is 5.07. The quantitative estimate of drug-likeness (QED) is 0.714. The lowest BCUT2D eigenvalue weighted by Crippen LogP contribution is -2.23. The molecule has 1 aliphatic heterocycles. The van der Waals surface area contributed by atoms with Gasteiger partial charge in [-0.3, -0.25) is 4.90 Å². The van der Waals surface area contributed by atoms with Crippen LogP contribution in [0.5, 0.6) is 11.5 Å². The molecule has 1 heterocycles. The highest BCUT2D eigenvalue weighted by Gasteiger charge is 2.33. The van der Waals surface area contributed by atoms with Crippen LogP contribution in [0.25, 0.3) is 0 Å². The molecule has 4 nitrogen and oxygen atoms in total. The van der Waals surface area contributed by atoms with Crippen molar-refractivity contribution in [1.82, 2.24) is 4.90 Å². The van der Waals surface area contributed by atoms with Crippen LogP contribution < -0.4 is 15.2 Å². The van der Waals surface area contributed by atoms with Crippen molar-refractivity contribution in [2.75, 3.05) is 33.4 Å². The number of hydrogen-bond acceptors (Lipinski definition) is 4. The van der Waals surface area contributed by atoms with Crippen molar-refractivity contribution >= 4 is 12.4 Å². The van der Waals surface area contributed by atoms with E-state index in [4.69, 9.17) is 15.2 Å². The van der Waals surface area contributed by atoms with Crippen LogP contribution in [0.2, 0.25) is 0 Å². The van der Waals surface area contributed by atoms with E-state index in [1.165, 1.54) is 18.7 Å². The lowest BCUT2D eigenvalue weighted by molar-refractivity contribution is -0.153. The second-order valence-electron chi connectivity index (χ2n) is 7.10. The molecule has 2 aromatic rings. The van der Waals surface area contributed by atoms with Crippen molar-refractivity contribution in [3.8, 4) is 11.5 Å². The van der Waals surface area contributed by atoms with Gasteiger partial charge in [0.1, 0.15) is 0 Å². The highest BCUT2D eigenvalue weighted by atomic mass is 35.5. The van der Waals surface area contributed by atoms with Gasteiger partial charge in [-0.05, 0) is 35.7 Å². The predicted molar refractivity (Wildman–Crippen MR) is 109 cm³/mol. The molecule has 0 spiro atoms. The fourth-order valence-corrected chi connectivity index (χ4v) is 3.75. The Balaban J connectivity index is 0.00000300. The number of likely N-dealkylation sites (tertiary alicyclic amines) is 1. The molecule has 1 aliphatic rings. The molecule has 0 unspecified atom stereocenters. The SMILES string of the molecule is COc1cc(CN2C[C@@H](CN)[C@H](c3ccccc3)C2)ccc1OCC(F)(F)F.Cl. The van der Waals surface area contributed by atoms with Crippen LogP contribution >= 0.6 is 12.4 Å². The van der Waals surface area contributed by atoms with Gasteiger partial charge in [0.2, 0.25) is 0 Å². The van der Waals surface area contributed by atoms with Gasteiger partial charge in [0.25, 0.3) is 0 Å². The average Bonchev–Trinajstić information content (AvgIpc) is 3.09. The normalized spacial score (nSPS) is 19.6. The smallest absolute Gasteiger partial charge is 0.422 e. The third kappa shape index (κ3) is 6.26. The first-order valence-electron chi connectivity index (χ1n) is 9.23. The molecule has 0 aromatic heterocycles. The number of alkyl halides is 3. The maximum absolute atomic E-state index is 12.4. The summed E-state index contributed by atoms with van der Waals surface area (Å²) in [5.74, 6) is 1.14. The fourth-order valence-electron chi connectivity index (χ4n) is 3.75. The van der Waals surface area contributed by atoms with Gasteiger partial charge in [-0.25, -0.2) is 0 Å². The number of rotatable bonds is 7. The van der Waals surface area contributed by atoms with Crippen LogP contribution in [0.15, 0.2) is 48.5 Å². The fraction of sp³-hybridized carbons (Fsp3) is 0.429. The number of hydrogen-bond donors (Lipinski definition) is 1. The Morgan fingerprint density at radius 2 is 1.79 bits per heavy atom. The van der Waals surface area contributed by atoms with Crippen LogP contribution in [-0.4, -0.2) is 44.4 Å². The molecule has 0 bridgehead atoms. The molecule has 0 aliphatic carbocycles. The first-order chi connectivity index (χ1) is 13.4. The molecule has 1 saturated heterocycles. The first-order valence-corrected chi connectivity index (χ1v) is 9.23. The van der Waals surface area contributed by atoms with E-state index < -0.39 is 12.8 Å². The van der Waals surface area contributed by atoms with Crippen LogP contribution in [0.3, 0.4) is 0 Å². The standard InChI is InChI=1S/C21H25F3N2O2.ClH/c1-27-20-9-15(7-8-19(20)28-14-21(22,23)24)11-26-12-17(10-25)18(13-26)16-5-3-2-4-6-16;/h2-9,17-18H,10-14,25H2,1H3;1H/t17-,18+;/m1./s1. The van der Waals surface area contributed by atoms with Gasteiger partial charge in [-0.15, -0.1) is 12.4 Å². The topological polar surface area (TPSA) is 47.7 Å². The van der Waals surface area contributed by atoms with E-state index in [1.54, 1.807) is 12.1 Å². The zero-order valence-corrected chi connectivity index (χ0v) is 17.0. The van der Waals surface area contributed by atoms with Crippen LogP contribution in [0.4, 0.5) is 13.2 Å². The van der Waals surface area contributed by atoms with Gasteiger partial charge >= 0.3 is 6.18 Å². The highest BCUT2D eigenvalue weighted by Crippen LogP contribution is 2.34.